The number of hydrogen-bond donors (Lipinski definition) is 3. The number of rotatable bonds is 12. The van der Waals surface area contributed by atoms with Crippen LogP contribution < -0.4 is 11.1 Å². The third-order valence-corrected chi connectivity index (χ3v) is 2.65. The molecule has 124 valence electrons. The Bertz CT molecular complexity index is 423. The monoisotopic (exact) mass is 311 g/mol. The summed E-state index contributed by atoms with van der Waals surface area (Å²) in [5.74, 6) is 0.328. The molecule has 0 heterocycles. The number of aliphatic hydroxyl groups is 1. The molecule has 0 spiro atoms. The lowest BCUT2D eigenvalue weighted by Crippen LogP contribution is -2.15. The van der Waals surface area contributed by atoms with E-state index in [-0.39, 0.29) is 6.61 Å². The van der Waals surface area contributed by atoms with Crippen LogP contribution in [0.25, 0.3) is 0 Å². The van der Waals surface area contributed by atoms with E-state index in [0.29, 0.717) is 38.9 Å². The summed E-state index contributed by atoms with van der Waals surface area (Å²) in [6.07, 6.45) is 0. The zero-order valence-electron chi connectivity index (χ0n) is 13.0. The van der Waals surface area contributed by atoms with Crippen LogP contribution in [-0.4, -0.2) is 57.1 Å². The summed E-state index contributed by atoms with van der Waals surface area (Å²) >= 11 is 0. The van der Waals surface area contributed by atoms with Crippen LogP contribution in [0.15, 0.2) is 29.4 Å². The Kier molecular flexibility index (Phi) is 9.76. The third-order valence-electron chi connectivity index (χ3n) is 2.65. The van der Waals surface area contributed by atoms with Crippen molar-refractivity contribution in [2.45, 2.75) is 6.92 Å². The quantitative estimate of drug-likeness (QED) is 0.228. The predicted octanol–water partition coefficient (Wildman–Crippen LogP) is 0.781. The van der Waals surface area contributed by atoms with Crippen LogP contribution in [0.1, 0.15) is 12.5 Å². The Morgan fingerprint density at radius 2 is 1.73 bits per heavy atom. The fourth-order valence-corrected chi connectivity index (χ4v) is 1.61. The van der Waals surface area contributed by atoms with Gasteiger partial charge in [0.1, 0.15) is 6.61 Å². The lowest BCUT2D eigenvalue weighted by Gasteiger charge is -2.06. The van der Waals surface area contributed by atoms with Gasteiger partial charge in [-0.1, -0.05) is 5.16 Å². The van der Waals surface area contributed by atoms with Gasteiger partial charge >= 0.3 is 0 Å². The number of anilines is 1. The van der Waals surface area contributed by atoms with E-state index in [1.54, 1.807) is 0 Å². The SMILES string of the molecule is CCNc1ccc(C(N)=NOCCOCCOCCO)cc1. The molecule has 0 saturated carbocycles. The molecule has 7 heteroatoms. The van der Waals surface area contributed by atoms with E-state index in [1.807, 2.05) is 31.2 Å². The van der Waals surface area contributed by atoms with Gasteiger partial charge in [-0.25, -0.2) is 0 Å². The van der Waals surface area contributed by atoms with Crippen molar-refractivity contribution >= 4 is 11.5 Å². The van der Waals surface area contributed by atoms with Crippen molar-refractivity contribution in [1.82, 2.24) is 0 Å². The highest BCUT2D eigenvalue weighted by Gasteiger charge is 1.99. The molecule has 0 amide bonds. The van der Waals surface area contributed by atoms with Crippen LogP contribution in [0.2, 0.25) is 0 Å². The maximum atomic E-state index is 8.51. The van der Waals surface area contributed by atoms with Gasteiger partial charge in [-0.2, -0.15) is 0 Å². The van der Waals surface area contributed by atoms with Gasteiger partial charge in [-0.15, -0.1) is 0 Å². The zero-order valence-corrected chi connectivity index (χ0v) is 13.0. The van der Waals surface area contributed by atoms with E-state index in [1.165, 1.54) is 0 Å². The van der Waals surface area contributed by atoms with Crippen LogP contribution in [0.4, 0.5) is 5.69 Å². The van der Waals surface area contributed by atoms with Gasteiger partial charge in [0.15, 0.2) is 5.84 Å². The normalized spacial score (nSPS) is 11.5. The van der Waals surface area contributed by atoms with E-state index in [2.05, 4.69) is 10.5 Å². The molecular weight excluding hydrogens is 286 g/mol. The standard InChI is InChI=1S/C15H25N3O4/c1-2-17-14-5-3-13(4-6-14)15(16)18-22-12-11-21-10-9-20-8-7-19/h3-6,17,19H,2,7-12H2,1H3,(H2,16,18). The van der Waals surface area contributed by atoms with E-state index in [9.17, 15) is 0 Å². The molecule has 1 rings (SSSR count). The van der Waals surface area contributed by atoms with Gasteiger partial charge < -0.3 is 30.5 Å². The largest absolute Gasteiger partial charge is 0.394 e. The molecule has 7 nitrogen and oxygen atoms in total. The highest BCUT2D eigenvalue weighted by molar-refractivity contribution is 5.97. The molecule has 1 aromatic rings. The molecule has 4 N–H and O–H groups in total. The van der Waals surface area contributed by atoms with Gasteiger partial charge in [-0.05, 0) is 31.2 Å². The Hall–Kier alpha value is -1.83. The van der Waals surface area contributed by atoms with Crippen LogP contribution >= 0.6 is 0 Å². The minimum atomic E-state index is 0.0204. The Morgan fingerprint density at radius 3 is 2.36 bits per heavy atom. The number of amidine groups is 1. The third kappa shape index (κ3) is 7.82. The Morgan fingerprint density at radius 1 is 1.09 bits per heavy atom. The summed E-state index contributed by atoms with van der Waals surface area (Å²) in [6.45, 7) is 4.88. The second-order valence-corrected chi connectivity index (χ2v) is 4.37. The van der Waals surface area contributed by atoms with Crippen molar-refractivity contribution in [2.24, 2.45) is 10.9 Å². The van der Waals surface area contributed by atoms with Crippen LogP contribution in [0, 0.1) is 0 Å². The molecule has 0 radical (unpaired) electrons. The summed E-state index contributed by atoms with van der Waals surface area (Å²) < 4.78 is 10.3. The molecule has 0 bridgehead atoms. The lowest BCUT2D eigenvalue weighted by molar-refractivity contribution is 0.00867. The first-order valence-electron chi connectivity index (χ1n) is 7.34. The molecule has 0 fully saturated rings. The van der Waals surface area contributed by atoms with Gasteiger partial charge in [0.25, 0.3) is 0 Å². The minimum Gasteiger partial charge on any atom is -0.394 e. The summed E-state index contributed by atoms with van der Waals surface area (Å²) in [5, 5.41) is 15.6. The van der Waals surface area contributed by atoms with Crippen molar-refractivity contribution in [3.05, 3.63) is 29.8 Å². The smallest absolute Gasteiger partial charge is 0.170 e. The van der Waals surface area contributed by atoms with Crippen molar-refractivity contribution in [3.8, 4) is 0 Å². The topological polar surface area (TPSA) is 98.3 Å². The van der Waals surface area contributed by atoms with Crippen molar-refractivity contribution < 1.29 is 19.4 Å². The van der Waals surface area contributed by atoms with Crippen molar-refractivity contribution in [2.75, 3.05) is 51.5 Å². The second-order valence-electron chi connectivity index (χ2n) is 4.37. The van der Waals surface area contributed by atoms with E-state index in [4.69, 9.17) is 25.2 Å². The molecule has 22 heavy (non-hydrogen) atoms. The van der Waals surface area contributed by atoms with E-state index < -0.39 is 0 Å². The highest BCUT2D eigenvalue weighted by Crippen LogP contribution is 2.08. The second kappa shape index (κ2) is 11.8. The van der Waals surface area contributed by atoms with E-state index in [0.717, 1.165) is 17.8 Å². The maximum absolute atomic E-state index is 8.51. The molecule has 0 unspecified atom stereocenters. The molecule has 0 aliphatic carbocycles. The molecule has 0 aliphatic rings. The minimum absolute atomic E-state index is 0.0204. The number of hydrogen-bond acceptors (Lipinski definition) is 6. The molecule has 0 saturated heterocycles. The average Bonchev–Trinajstić information content (AvgIpc) is 2.54. The summed E-state index contributed by atoms with van der Waals surface area (Å²) in [4.78, 5) is 5.10. The first-order chi connectivity index (χ1) is 10.8. The Labute approximate surface area is 131 Å². The summed E-state index contributed by atoms with van der Waals surface area (Å²) in [5.41, 5.74) is 7.68. The lowest BCUT2D eigenvalue weighted by atomic mass is 10.2. The van der Waals surface area contributed by atoms with Crippen LogP contribution in [0.5, 0.6) is 0 Å². The van der Waals surface area contributed by atoms with Gasteiger partial charge in [-0.3, -0.25) is 0 Å². The van der Waals surface area contributed by atoms with Gasteiger partial charge in [0.05, 0.1) is 33.0 Å². The molecule has 0 aromatic heterocycles. The van der Waals surface area contributed by atoms with Gasteiger partial charge in [0, 0.05) is 17.8 Å². The number of nitrogens with one attached hydrogen (secondary N) is 1. The predicted molar refractivity (Wildman–Crippen MR) is 86.0 cm³/mol. The molecule has 0 atom stereocenters. The number of nitrogens with zero attached hydrogens (tertiary/aromatic N) is 1. The number of aliphatic hydroxyl groups excluding tert-OH is 1. The average molecular weight is 311 g/mol. The number of nitrogens with two attached hydrogens (primary N) is 1. The van der Waals surface area contributed by atoms with Crippen molar-refractivity contribution in [3.63, 3.8) is 0 Å². The first-order valence-corrected chi connectivity index (χ1v) is 7.34. The fraction of sp³-hybridized carbons (Fsp3) is 0.533. The Balaban J connectivity index is 2.17. The van der Waals surface area contributed by atoms with Crippen LogP contribution in [-0.2, 0) is 14.3 Å². The fourth-order valence-electron chi connectivity index (χ4n) is 1.61. The summed E-state index contributed by atoms with van der Waals surface area (Å²) in [6, 6.07) is 7.65. The van der Waals surface area contributed by atoms with Crippen molar-refractivity contribution in [1.29, 1.82) is 0 Å². The van der Waals surface area contributed by atoms with Crippen LogP contribution in [0.3, 0.4) is 0 Å². The zero-order chi connectivity index (χ0) is 16.0. The maximum Gasteiger partial charge on any atom is 0.170 e. The van der Waals surface area contributed by atoms with Gasteiger partial charge in [0.2, 0.25) is 0 Å². The molecule has 0 aliphatic heterocycles. The molecular formula is C15H25N3O4. The van der Waals surface area contributed by atoms with E-state index >= 15 is 0 Å². The number of ether oxygens (including phenoxy) is 2. The number of oxime groups is 1. The first kappa shape index (κ1) is 18.2. The molecule has 1 aromatic carbocycles. The highest BCUT2D eigenvalue weighted by atomic mass is 16.6. The number of benzene rings is 1. The summed E-state index contributed by atoms with van der Waals surface area (Å²) in [7, 11) is 0.